The minimum Gasteiger partial charge on any atom is -0.377 e. The molecule has 0 aliphatic carbocycles. The Morgan fingerprint density at radius 3 is 2.73 bits per heavy atom. The first kappa shape index (κ1) is 17.6. The highest BCUT2D eigenvalue weighted by molar-refractivity contribution is 7.07. The lowest BCUT2D eigenvalue weighted by Gasteiger charge is -2.50. The topological polar surface area (TPSA) is 45.7 Å². The molecule has 138 valence electrons. The number of amides is 1. The zero-order chi connectivity index (χ0) is 17.8. The van der Waals surface area contributed by atoms with Gasteiger partial charge in [-0.3, -0.25) is 4.79 Å². The molecule has 5 nitrogen and oxygen atoms in total. The lowest BCUT2D eigenvalue weighted by atomic mass is 9.85. The quantitative estimate of drug-likeness (QED) is 0.829. The zero-order valence-electron chi connectivity index (χ0n) is 15.0. The second-order valence-electron chi connectivity index (χ2n) is 7.18. The van der Waals surface area contributed by atoms with Crippen LogP contribution in [0, 0.1) is 0 Å². The van der Waals surface area contributed by atoms with Gasteiger partial charge in [-0.25, -0.2) is 4.98 Å². The maximum Gasteiger partial charge on any atom is 0.273 e. The van der Waals surface area contributed by atoms with Crippen molar-refractivity contribution < 1.29 is 9.53 Å². The Labute approximate surface area is 158 Å². The molecule has 1 aromatic heterocycles. The van der Waals surface area contributed by atoms with Crippen molar-refractivity contribution in [2.24, 2.45) is 0 Å². The summed E-state index contributed by atoms with van der Waals surface area (Å²) in [6.45, 7) is 5.03. The Kier molecular flexibility index (Phi) is 5.33. The van der Waals surface area contributed by atoms with Crippen LogP contribution in [0.4, 0.5) is 0 Å². The summed E-state index contributed by atoms with van der Waals surface area (Å²) in [5.74, 6) is 0.0623. The average molecular weight is 372 g/mol. The van der Waals surface area contributed by atoms with Crippen LogP contribution in [0.3, 0.4) is 0 Å². The van der Waals surface area contributed by atoms with Gasteiger partial charge in [-0.15, -0.1) is 11.3 Å². The minimum absolute atomic E-state index is 0.0623. The predicted octanol–water partition coefficient (Wildman–Crippen LogP) is 2.69. The van der Waals surface area contributed by atoms with Crippen LogP contribution >= 0.6 is 11.3 Å². The van der Waals surface area contributed by atoms with Gasteiger partial charge in [0.2, 0.25) is 0 Å². The highest BCUT2D eigenvalue weighted by Gasteiger charge is 2.44. The number of morpholine rings is 1. The van der Waals surface area contributed by atoms with Crippen molar-refractivity contribution in [2.75, 3.05) is 39.4 Å². The second kappa shape index (κ2) is 7.86. The summed E-state index contributed by atoms with van der Waals surface area (Å²) in [7, 11) is 0. The summed E-state index contributed by atoms with van der Waals surface area (Å²) in [5.41, 5.74) is 3.52. The summed E-state index contributed by atoms with van der Waals surface area (Å²) >= 11 is 1.47. The van der Waals surface area contributed by atoms with E-state index in [1.807, 2.05) is 10.3 Å². The van der Waals surface area contributed by atoms with Crippen LogP contribution < -0.4 is 0 Å². The molecule has 0 N–H and O–H groups in total. The van der Waals surface area contributed by atoms with E-state index in [0.717, 1.165) is 38.9 Å². The Morgan fingerprint density at radius 1 is 1.19 bits per heavy atom. The van der Waals surface area contributed by atoms with Crippen molar-refractivity contribution >= 4 is 17.2 Å². The van der Waals surface area contributed by atoms with Gasteiger partial charge in [-0.2, -0.15) is 0 Å². The predicted molar refractivity (Wildman–Crippen MR) is 103 cm³/mol. The van der Waals surface area contributed by atoms with E-state index in [-0.39, 0.29) is 11.4 Å². The number of hydrogen-bond donors (Lipinski definition) is 0. The third kappa shape index (κ3) is 3.68. The molecule has 0 saturated carbocycles. The van der Waals surface area contributed by atoms with E-state index >= 15 is 0 Å². The number of carbonyl (C=O) groups excluding carboxylic acids is 1. The van der Waals surface area contributed by atoms with E-state index in [0.29, 0.717) is 25.5 Å². The Hall–Kier alpha value is -1.76. The third-order valence-corrected chi connectivity index (χ3v) is 6.23. The zero-order valence-corrected chi connectivity index (χ0v) is 15.8. The van der Waals surface area contributed by atoms with Gasteiger partial charge in [-0.1, -0.05) is 30.3 Å². The molecule has 0 bridgehead atoms. The molecule has 0 radical (unpaired) electrons. The summed E-state index contributed by atoms with van der Waals surface area (Å²) in [4.78, 5) is 21.7. The number of aromatic nitrogens is 1. The molecular formula is C20H25N3O2S. The number of thiazole rings is 1. The maximum atomic E-state index is 12.9. The fraction of sp³-hybridized carbons (Fsp3) is 0.500. The number of benzene rings is 1. The molecular weight excluding hydrogens is 346 g/mol. The first-order valence-corrected chi connectivity index (χ1v) is 10.3. The van der Waals surface area contributed by atoms with Crippen LogP contribution in [0.5, 0.6) is 0 Å². The number of rotatable bonds is 4. The molecule has 4 rings (SSSR count). The highest BCUT2D eigenvalue weighted by Crippen LogP contribution is 2.33. The fourth-order valence-electron chi connectivity index (χ4n) is 4.05. The SMILES string of the molecule is O=C(c1cscn1)N1CCOCC12CCN(CCc1ccccc1)CC2. The maximum absolute atomic E-state index is 12.9. The second-order valence-corrected chi connectivity index (χ2v) is 7.90. The highest BCUT2D eigenvalue weighted by atomic mass is 32.1. The Bertz CT molecular complexity index is 712. The monoisotopic (exact) mass is 371 g/mol. The molecule has 2 fully saturated rings. The first-order valence-electron chi connectivity index (χ1n) is 9.31. The van der Waals surface area contributed by atoms with Crippen molar-refractivity contribution in [1.29, 1.82) is 0 Å². The van der Waals surface area contributed by atoms with E-state index in [9.17, 15) is 4.79 Å². The molecule has 2 aliphatic heterocycles. The lowest BCUT2D eigenvalue weighted by molar-refractivity contribution is -0.0777. The molecule has 1 spiro atoms. The van der Waals surface area contributed by atoms with Gasteiger partial charge in [-0.05, 0) is 24.8 Å². The van der Waals surface area contributed by atoms with Gasteiger partial charge in [0.05, 0.1) is 24.3 Å². The van der Waals surface area contributed by atoms with E-state index in [1.54, 1.807) is 5.51 Å². The molecule has 0 atom stereocenters. The van der Waals surface area contributed by atoms with Crippen LogP contribution in [0.1, 0.15) is 28.9 Å². The molecule has 0 unspecified atom stereocenters. The molecule has 2 aliphatic rings. The number of nitrogens with zero attached hydrogens (tertiary/aromatic N) is 3. The largest absolute Gasteiger partial charge is 0.377 e. The van der Waals surface area contributed by atoms with E-state index in [1.165, 1.54) is 16.9 Å². The van der Waals surface area contributed by atoms with Crippen molar-refractivity contribution in [3.05, 3.63) is 52.5 Å². The fourth-order valence-corrected chi connectivity index (χ4v) is 4.57. The smallest absolute Gasteiger partial charge is 0.273 e. The third-order valence-electron chi connectivity index (χ3n) is 5.65. The summed E-state index contributed by atoms with van der Waals surface area (Å²) in [5, 5.41) is 1.85. The van der Waals surface area contributed by atoms with Gasteiger partial charge in [0, 0.05) is 31.6 Å². The number of hydrogen-bond acceptors (Lipinski definition) is 5. The van der Waals surface area contributed by atoms with Crippen LogP contribution in [-0.2, 0) is 11.2 Å². The Balaban J connectivity index is 1.38. The van der Waals surface area contributed by atoms with E-state index < -0.39 is 0 Å². The molecule has 1 amide bonds. The van der Waals surface area contributed by atoms with Gasteiger partial charge < -0.3 is 14.5 Å². The molecule has 3 heterocycles. The number of likely N-dealkylation sites (tertiary alicyclic amines) is 1. The van der Waals surface area contributed by atoms with Crippen molar-refractivity contribution in [2.45, 2.75) is 24.8 Å². The van der Waals surface area contributed by atoms with E-state index in [4.69, 9.17) is 4.74 Å². The normalized spacial score (nSPS) is 20.4. The first-order chi connectivity index (χ1) is 12.8. The van der Waals surface area contributed by atoms with Crippen LogP contribution in [0.25, 0.3) is 0 Å². The van der Waals surface area contributed by atoms with Gasteiger partial charge in [0.15, 0.2) is 0 Å². The number of ether oxygens (including phenoxy) is 1. The molecule has 26 heavy (non-hydrogen) atoms. The van der Waals surface area contributed by atoms with E-state index in [2.05, 4.69) is 40.2 Å². The van der Waals surface area contributed by atoms with Gasteiger partial charge in [0.1, 0.15) is 5.69 Å². The van der Waals surface area contributed by atoms with Gasteiger partial charge in [0.25, 0.3) is 5.91 Å². The molecule has 1 aromatic carbocycles. The van der Waals surface area contributed by atoms with Crippen molar-refractivity contribution in [3.63, 3.8) is 0 Å². The molecule has 2 saturated heterocycles. The average Bonchev–Trinajstić information content (AvgIpc) is 3.23. The minimum atomic E-state index is -0.164. The van der Waals surface area contributed by atoms with Crippen LogP contribution in [-0.4, -0.2) is 65.6 Å². The van der Waals surface area contributed by atoms with Crippen molar-refractivity contribution in [3.8, 4) is 0 Å². The summed E-state index contributed by atoms with van der Waals surface area (Å²) < 4.78 is 5.79. The lowest BCUT2D eigenvalue weighted by Crippen LogP contribution is -2.63. The number of carbonyl (C=O) groups is 1. The molecule has 2 aromatic rings. The number of piperidine rings is 1. The summed E-state index contributed by atoms with van der Waals surface area (Å²) in [6.07, 6.45) is 3.02. The van der Waals surface area contributed by atoms with Gasteiger partial charge >= 0.3 is 0 Å². The van der Waals surface area contributed by atoms with Crippen LogP contribution in [0.15, 0.2) is 41.2 Å². The standard InChI is InChI=1S/C20H25N3O2S/c24-19(18-14-26-16-21-18)23-12-13-25-15-20(23)7-10-22(11-8-20)9-6-17-4-2-1-3-5-17/h1-5,14,16H,6-13,15H2. The summed E-state index contributed by atoms with van der Waals surface area (Å²) in [6, 6.07) is 10.6. The van der Waals surface area contributed by atoms with Crippen LogP contribution in [0.2, 0.25) is 0 Å². The molecule has 6 heteroatoms. The van der Waals surface area contributed by atoms with Crippen molar-refractivity contribution in [1.82, 2.24) is 14.8 Å². The Morgan fingerprint density at radius 2 is 2.00 bits per heavy atom.